The van der Waals surface area contributed by atoms with Crippen LogP contribution in [0.15, 0.2) is 57.4 Å². The van der Waals surface area contributed by atoms with Gasteiger partial charge in [0.05, 0.1) is 30.0 Å². The molecule has 0 saturated carbocycles. The highest BCUT2D eigenvalue weighted by atomic mass is 32.1. The predicted octanol–water partition coefficient (Wildman–Crippen LogP) is 2.85. The first kappa shape index (κ1) is 21.4. The summed E-state index contributed by atoms with van der Waals surface area (Å²) >= 11 is 1.33. The Balaban J connectivity index is 1.43. The zero-order valence-corrected chi connectivity index (χ0v) is 19.5. The van der Waals surface area contributed by atoms with Crippen LogP contribution in [0.4, 0.5) is 5.88 Å². The third-order valence-electron chi connectivity index (χ3n) is 5.92. The fourth-order valence-corrected chi connectivity index (χ4v) is 5.04. The van der Waals surface area contributed by atoms with E-state index in [9.17, 15) is 9.59 Å². The molecule has 0 unspecified atom stereocenters. The van der Waals surface area contributed by atoms with Crippen LogP contribution in [0.5, 0.6) is 0 Å². The molecule has 1 aromatic carbocycles. The zero-order valence-electron chi connectivity index (χ0n) is 18.7. The maximum atomic E-state index is 12.8. The van der Waals surface area contributed by atoms with Crippen LogP contribution < -0.4 is 15.6 Å². The van der Waals surface area contributed by atoms with Gasteiger partial charge in [0.25, 0.3) is 5.91 Å². The van der Waals surface area contributed by atoms with Crippen molar-refractivity contribution >= 4 is 44.3 Å². The minimum Gasteiger partial charge on any atom is -0.439 e. The molecule has 1 amide bonds. The summed E-state index contributed by atoms with van der Waals surface area (Å²) in [7, 11) is 1.59. The number of morpholine rings is 1. The Hall–Kier alpha value is -4.09. The van der Waals surface area contributed by atoms with Gasteiger partial charge in [-0.1, -0.05) is 12.1 Å². The van der Waals surface area contributed by atoms with Gasteiger partial charge >= 0.3 is 0 Å². The summed E-state index contributed by atoms with van der Waals surface area (Å²) in [6, 6.07) is 8.76. The molecule has 4 aromatic heterocycles. The molecular weight excluding hydrogens is 468 g/mol. The second-order valence-corrected chi connectivity index (χ2v) is 8.89. The van der Waals surface area contributed by atoms with Crippen LogP contribution >= 0.6 is 11.3 Å². The van der Waals surface area contributed by atoms with Crippen LogP contribution in [0.25, 0.3) is 38.3 Å². The molecule has 0 radical (unpaired) electrons. The van der Waals surface area contributed by atoms with E-state index in [-0.39, 0.29) is 11.3 Å². The lowest BCUT2D eigenvalue weighted by atomic mass is 10.1. The molecule has 10 nitrogen and oxygen atoms in total. The molecule has 0 atom stereocenters. The first-order valence-electron chi connectivity index (χ1n) is 11.0. The fourth-order valence-electron chi connectivity index (χ4n) is 4.15. The van der Waals surface area contributed by atoms with Gasteiger partial charge in [-0.2, -0.15) is 5.10 Å². The quantitative estimate of drug-likeness (QED) is 0.411. The number of ether oxygens (including phenoxy) is 1. The number of nitrogens with one attached hydrogen (secondary N) is 1. The molecular formula is C24H20N6O4S. The third-order valence-corrected chi connectivity index (χ3v) is 6.90. The van der Waals surface area contributed by atoms with Gasteiger partial charge in [0.15, 0.2) is 17.3 Å². The van der Waals surface area contributed by atoms with Gasteiger partial charge in [0, 0.05) is 49.2 Å². The zero-order chi connectivity index (χ0) is 23.9. The Bertz CT molecular complexity index is 1630. The van der Waals surface area contributed by atoms with Gasteiger partial charge < -0.3 is 19.4 Å². The second-order valence-electron chi connectivity index (χ2n) is 8.01. The first-order valence-corrected chi connectivity index (χ1v) is 11.9. The van der Waals surface area contributed by atoms with Crippen LogP contribution in [-0.4, -0.2) is 59.0 Å². The molecule has 35 heavy (non-hydrogen) atoms. The van der Waals surface area contributed by atoms with E-state index in [0.717, 1.165) is 5.39 Å². The van der Waals surface area contributed by atoms with E-state index in [2.05, 4.69) is 20.4 Å². The molecule has 1 fully saturated rings. The summed E-state index contributed by atoms with van der Waals surface area (Å²) in [6.45, 7) is 2.51. The van der Waals surface area contributed by atoms with Crippen LogP contribution in [0.1, 0.15) is 10.4 Å². The monoisotopic (exact) mass is 488 g/mol. The molecule has 1 aliphatic heterocycles. The number of nitrogens with zero attached hydrogens (tertiary/aromatic N) is 5. The van der Waals surface area contributed by atoms with E-state index in [4.69, 9.17) is 9.15 Å². The number of hydrogen-bond donors (Lipinski definition) is 1. The largest absolute Gasteiger partial charge is 0.439 e. The number of amides is 1. The summed E-state index contributed by atoms with van der Waals surface area (Å²) in [6.07, 6.45) is 3.26. The van der Waals surface area contributed by atoms with E-state index >= 15 is 0 Å². The number of aromatic nitrogens is 4. The van der Waals surface area contributed by atoms with Gasteiger partial charge in [-0.05, 0) is 6.07 Å². The van der Waals surface area contributed by atoms with E-state index < -0.39 is 0 Å². The molecule has 11 heteroatoms. The van der Waals surface area contributed by atoms with Gasteiger partial charge in [0.2, 0.25) is 5.43 Å². The van der Waals surface area contributed by atoms with Gasteiger partial charge in [-0.25, -0.2) is 14.6 Å². The summed E-state index contributed by atoms with van der Waals surface area (Å²) in [4.78, 5) is 35.9. The van der Waals surface area contributed by atoms with Gasteiger partial charge in [-0.15, -0.1) is 11.3 Å². The highest BCUT2D eigenvalue weighted by Gasteiger charge is 2.20. The SMILES string of the molecule is CNC(=O)c1cccc2cn(-c3cc(-c4csc5c(=O)cc(N6CCOCC6)oc45)ncn3)nc12. The fraction of sp³-hybridized carbons (Fsp3) is 0.208. The normalized spacial score (nSPS) is 14.0. The minimum absolute atomic E-state index is 0.0849. The molecule has 0 aliphatic carbocycles. The van der Waals surface area contributed by atoms with Crippen molar-refractivity contribution in [1.82, 2.24) is 25.1 Å². The Labute approximate surface area is 202 Å². The first-order chi connectivity index (χ1) is 17.1. The van der Waals surface area contributed by atoms with Crippen LogP contribution in [0.2, 0.25) is 0 Å². The summed E-state index contributed by atoms with van der Waals surface area (Å²) < 4.78 is 13.8. The molecule has 0 bridgehead atoms. The van der Waals surface area contributed by atoms with E-state index in [1.165, 1.54) is 17.7 Å². The van der Waals surface area contributed by atoms with Crippen molar-refractivity contribution in [2.45, 2.75) is 0 Å². The average molecular weight is 489 g/mol. The maximum absolute atomic E-state index is 12.8. The van der Waals surface area contributed by atoms with Crippen molar-refractivity contribution in [2.24, 2.45) is 0 Å². The Morgan fingerprint density at radius 1 is 1.17 bits per heavy atom. The lowest BCUT2D eigenvalue weighted by Crippen LogP contribution is -2.36. The topological polar surface area (TPSA) is 115 Å². The van der Waals surface area contributed by atoms with Crippen LogP contribution in [0.3, 0.4) is 0 Å². The van der Waals surface area contributed by atoms with E-state index in [1.54, 1.807) is 29.9 Å². The van der Waals surface area contributed by atoms with Crippen molar-refractivity contribution in [2.75, 3.05) is 38.3 Å². The smallest absolute Gasteiger partial charge is 0.253 e. The lowest BCUT2D eigenvalue weighted by Gasteiger charge is -2.27. The highest BCUT2D eigenvalue weighted by Crippen LogP contribution is 2.34. The van der Waals surface area contributed by atoms with Crippen LogP contribution in [0, 0.1) is 0 Å². The molecule has 1 saturated heterocycles. The second kappa shape index (κ2) is 8.60. The number of thiophene rings is 1. The van der Waals surface area contributed by atoms with Crippen molar-refractivity contribution in [3.05, 3.63) is 64.0 Å². The molecule has 6 rings (SSSR count). The molecule has 0 spiro atoms. The molecule has 1 aliphatic rings. The standard InChI is InChI=1S/C24H20N6O4S/c1-25-24(32)15-4-2-3-14-11-30(28-21(14)15)19-9-17(26-13-27-19)16-12-35-23-18(31)10-20(34-22(16)23)29-5-7-33-8-6-29/h2-4,9-13H,5-8H2,1H3,(H,25,32). The number of rotatable bonds is 4. The Kier molecular flexibility index (Phi) is 5.27. The molecule has 176 valence electrons. The maximum Gasteiger partial charge on any atom is 0.253 e. The molecule has 5 aromatic rings. The van der Waals surface area contributed by atoms with Crippen molar-refractivity contribution in [1.29, 1.82) is 0 Å². The summed E-state index contributed by atoms with van der Waals surface area (Å²) in [5, 5.41) is 9.93. The highest BCUT2D eigenvalue weighted by molar-refractivity contribution is 7.17. The number of benzene rings is 1. The van der Waals surface area contributed by atoms with Crippen molar-refractivity contribution in [3.8, 4) is 17.1 Å². The third kappa shape index (κ3) is 3.74. The lowest BCUT2D eigenvalue weighted by molar-refractivity contribution is 0.0964. The van der Waals surface area contributed by atoms with Gasteiger partial charge in [0.1, 0.15) is 16.5 Å². The summed E-state index contributed by atoms with van der Waals surface area (Å²) in [5.41, 5.74) is 2.80. The average Bonchev–Trinajstić information content (AvgIpc) is 3.54. The van der Waals surface area contributed by atoms with Crippen LogP contribution in [-0.2, 0) is 4.74 Å². The predicted molar refractivity (Wildman–Crippen MR) is 132 cm³/mol. The molecule has 5 heterocycles. The van der Waals surface area contributed by atoms with Gasteiger partial charge in [-0.3, -0.25) is 9.59 Å². The van der Waals surface area contributed by atoms with Crippen molar-refractivity contribution in [3.63, 3.8) is 0 Å². The molecule has 1 N–H and O–H groups in total. The van der Waals surface area contributed by atoms with E-state index in [0.29, 0.717) is 70.6 Å². The Morgan fingerprint density at radius 3 is 2.86 bits per heavy atom. The number of fused-ring (bicyclic) bond motifs is 2. The minimum atomic E-state index is -0.208. The Morgan fingerprint density at radius 2 is 2.03 bits per heavy atom. The van der Waals surface area contributed by atoms with Crippen molar-refractivity contribution < 1.29 is 13.9 Å². The number of carbonyl (C=O) groups is 1. The summed E-state index contributed by atoms with van der Waals surface area (Å²) in [5.74, 6) is 0.847. The van der Waals surface area contributed by atoms with E-state index in [1.807, 2.05) is 28.6 Å². The number of hydrogen-bond acceptors (Lipinski definition) is 9. The number of carbonyl (C=O) groups excluding carboxylic acids is 1. The number of anilines is 1.